The van der Waals surface area contributed by atoms with Gasteiger partial charge in [0.25, 0.3) is 0 Å². The number of halogens is 1. The van der Waals surface area contributed by atoms with Gasteiger partial charge in [0.15, 0.2) is 5.58 Å². The van der Waals surface area contributed by atoms with E-state index in [1.807, 2.05) is 26.0 Å². The summed E-state index contributed by atoms with van der Waals surface area (Å²) in [5.41, 5.74) is 4.73. The first-order valence-electron chi connectivity index (χ1n) is 5.77. The van der Waals surface area contributed by atoms with Gasteiger partial charge in [-0.25, -0.2) is 9.37 Å². The average molecular weight is 241 g/mol. The Morgan fingerprint density at radius 3 is 2.39 bits per heavy atom. The van der Waals surface area contributed by atoms with E-state index < -0.39 is 0 Å². The topological polar surface area (TPSA) is 26.0 Å². The summed E-state index contributed by atoms with van der Waals surface area (Å²) in [7, 11) is 0. The molecule has 1 aromatic heterocycles. The molecular formula is C15H12FNO. The molecule has 0 fully saturated rings. The maximum absolute atomic E-state index is 12.9. The van der Waals surface area contributed by atoms with Gasteiger partial charge < -0.3 is 4.42 Å². The zero-order chi connectivity index (χ0) is 12.7. The summed E-state index contributed by atoms with van der Waals surface area (Å²) in [6.07, 6.45) is 0. The summed E-state index contributed by atoms with van der Waals surface area (Å²) < 4.78 is 18.6. The van der Waals surface area contributed by atoms with Gasteiger partial charge in [0.05, 0.1) is 0 Å². The number of nitrogens with zero attached hydrogens (tertiary/aromatic N) is 1. The lowest BCUT2D eigenvalue weighted by atomic mass is 10.1. The Kier molecular flexibility index (Phi) is 2.40. The zero-order valence-corrected chi connectivity index (χ0v) is 10.2. The Morgan fingerprint density at radius 2 is 1.67 bits per heavy atom. The van der Waals surface area contributed by atoms with Crippen LogP contribution in [-0.2, 0) is 0 Å². The fraction of sp³-hybridized carbons (Fsp3) is 0.133. The number of aromatic nitrogens is 1. The lowest BCUT2D eigenvalue weighted by Gasteiger charge is -1.96. The molecule has 0 aliphatic rings. The highest BCUT2D eigenvalue weighted by Gasteiger charge is 2.09. The van der Waals surface area contributed by atoms with Crippen molar-refractivity contribution in [3.8, 4) is 11.5 Å². The van der Waals surface area contributed by atoms with Crippen LogP contribution in [-0.4, -0.2) is 4.98 Å². The third kappa shape index (κ3) is 1.78. The van der Waals surface area contributed by atoms with Crippen LogP contribution in [0.2, 0.25) is 0 Å². The van der Waals surface area contributed by atoms with E-state index in [4.69, 9.17) is 4.42 Å². The molecule has 1 heterocycles. The van der Waals surface area contributed by atoms with Crippen molar-refractivity contribution in [3.63, 3.8) is 0 Å². The van der Waals surface area contributed by atoms with E-state index in [0.717, 1.165) is 16.7 Å². The highest BCUT2D eigenvalue weighted by Crippen LogP contribution is 2.26. The fourth-order valence-corrected chi connectivity index (χ4v) is 1.90. The van der Waals surface area contributed by atoms with Crippen LogP contribution in [0.3, 0.4) is 0 Å². The van der Waals surface area contributed by atoms with Crippen LogP contribution < -0.4 is 0 Å². The smallest absolute Gasteiger partial charge is 0.227 e. The van der Waals surface area contributed by atoms with E-state index >= 15 is 0 Å². The second kappa shape index (κ2) is 3.95. The first-order chi connectivity index (χ1) is 8.63. The molecule has 0 bridgehead atoms. The van der Waals surface area contributed by atoms with Crippen LogP contribution in [0.15, 0.2) is 40.8 Å². The van der Waals surface area contributed by atoms with Crippen molar-refractivity contribution in [2.24, 2.45) is 0 Å². The SMILES string of the molecule is Cc1cc2nc(-c3ccc(F)cc3)oc2cc1C. The highest BCUT2D eigenvalue weighted by atomic mass is 19.1. The molecule has 3 rings (SSSR count). The van der Waals surface area contributed by atoms with Crippen LogP contribution in [0.1, 0.15) is 11.1 Å². The van der Waals surface area contributed by atoms with E-state index in [0.29, 0.717) is 5.89 Å². The van der Waals surface area contributed by atoms with Gasteiger partial charge in [-0.2, -0.15) is 0 Å². The minimum Gasteiger partial charge on any atom is -0.436 e. The van der Waals surface area contributed by atoms with Gasteiger partial charge in [-0.3, -0.25) is 0 Å². The molecule has 18 heavy (non-hydrogen) atoms. The summed E-state index contributed by atoms with van der Waals surface area (Å²) in [5.74, 6) is 0.261. The molecule has 0 amide bonds. The van der Waals surface area contributed by atoms with Gasteiger partial charge >= 0.3 is 0 Å². The van der Waals surface area contributed by atoms with Crippen molar-refractivity contribution < 1.29 is 8.81 Å². The highest BCUT2D eigenvalue weighted by molar-refractivity contribution is 5.77. The van der Waals surface area contributed by atoms with Crippen molar-refractivity contribution in [3.05, 3.63) is 53.3 Å². The van der Waals surface area contributed by atoms with E-state index in [1.165, 1.54) is 23.3 Å². The van der Waals surface area contributed by atoms with Crippen molar-refractivity contribution in [1.82, 2.24) is 4.98 Å². The lowest BCUT2D eigenvalue weighted by Crippen LogP contribution is -1.80. The Bertz CT molecular complexity index is 674. The van der Waals surface area contributed by atoms with Crippen LogP contribution in [0.5, 0.6) is 0 Å². The Labute approximate surface area is 104 Å². The number of fused-ring (bicyclic) bond motifs is 1. The second-order valence-electron chi connectivity index (χ2n) is 4.43. The lowest BCUT2D eigenvalue weighted by molar-refractivity contribution is 0.616. The summed E-state index contributed by atoms with van der Waals surface area (Å²) in [4.78, 5) is 4.43. The van der Waals surface area contributed by atoms with E-state index in [1.54, 1.807) is 12.1 Å². The maximum Gasteiger partial charge on any atom is 0.227 e. The largest absolute Gasteiger partial charge is 0.436 e. The third-order valence-electron chi connectivity index (χ3n) is 3.10. The summed E-state index contributed by atoms with van der Waals surface area (Å²) in [6, 6.07) is 10.1. The number of rotatable bonds is 1. The number of hydrogen-bond donors (Lipinski definition) is 0. The van der Waals surface area contributed by atoms with Gasteiger partial charge in [-0.1, -0.05) is 0 Å². The predicted octanol–water partition coefficient (Wildman–Crippen LogP) is 4.25. The van der Waals surface area contributed by atoms with Crippen LogP contribution in [0, 0.1) is 19.7 Å². The Hall–Kier alpha value is -2.16. The molecule has 0 aliphatic heterocycles. The molecule has 3 aromatic rings. The second-order valence-corrected chi connectivity index (χ2v) is 4.43. The number of hydrogen-bond acceptors (Lipinski definition) is 2. The van der Waals surface area contributed by atoms with E-state index in [9.17, 15) is 4.39 Å². The molecular weight excluding hydrogens is 229 g/mol. The van der Waals surface area contributed by atoms with Crippen molar-refractivity contribution in [2.45, 2.75) is 13.8 Å². The molecule has 0 saturated heterocycles. The normalized spacial score (nSPS) is 11.1. The molecule has 0 spiro atoms. The van der Waals surface area contributed by atoms with E-state index in [-0.39, 0.29) is 5.82 Å². The van der Waals surface area contributed by atoms with Crippen LogP contribution in [0.25, 0.3) is 22.6 Å². The quantitative estimate of drug-likeness (QED) is 0.636. The fourth-order valence-electron chi connectivity index (χ4n) is 1.90. The predicted molar refractivity (Wildman–Crippen MR) is 68.9 cm³/mol. The minimum atomic E-state index is -0.262. The van der Waals surface area contributed by atoms with Crippen molar-refractivity contribution in [2.75, 3.05) is 0 Å². The summed E-state index contributed by atoms with van der Waals surface area (Å²) in [6.45, 7) is 4.08. The first kappa shape index (κ1) is 11.0. The number of aryl methyl sites for hydroxylation is 2. The molecule has 3 heteroatoms. The molecule has 0 saturated carbocycles. The Morgan fingerprint density at radius 1 is 1.00 bits per heavy atom. The molecule has 2 nitrogen and oxygen atoms in total. The van der Waals surface area contributed by atoms with Gasteiger partial charge in [0.2, 0.25) is 5.89 Å². The minimum absolute atomic E-state index is 0.262. The van der Waals surface area contributed by atoms with Gasteiger partial charge in [-0.05, 0) is 61.4 Å². The monoisotopic (exact) mass is 241 g/mol. The molecule has 0 radical (unpaired) electrons. The molecule has 0 aliphatic carbocycles. The summed E-state index contributed by atoms with van der Waals surface area (Å²) >= 11 is 0. The van der Waals surface area contributed by atoms with Crippen molar-refractivity contribution in [1.29, 1.82) is 0 Å². The number of oxazole rings is 1. The zero-order valence-electron chi connectivity index (χ0n) is 10.2. The standard InChI is InChI=1S/C15H12FNO/c1-9-7-13-14(8-10(9)2)18-15(17-13)11-3-5-12(16)6-4-11/h3-8H,1-2H3. The van der Waals surface area contributed by atoms with Crippen molar-refractivity contribution >= 4 is 11.1 Å². The number of benzene rings is 2. The first-order valence-corrected chi connectivity index (χ1v) is 5.77. The Balaban J connectivity index is 2.16. The maximum atomic E-state index is 12.9. The molecule has 0 N–H and O–H groups in total. The third-order valence-corrected chi connectivity index (χ3v) is 3.10. The summed E-state index contributed by atoms with van der Waals surface area (Å²) in [5, 5.41) is 0. The van der Waals surface area contributed by atoms with Gasteiger partial charge in [0.1, 0.15) is 11.3 Å². The molecule has 0 unspecified atom stereocenters. The van der Waals surface area contributed by atoms with Gasteiger partial charge in [0, 0.05) is 5.56 Å². The average Bonchev–Trinajstić information content (AvgIpc) is 2.73. The molecule has 0 atom stereocenters. The van der Waals surface area contributed by atoms with E-state index in [2.05, 4.69) is 4.98 Å². The van der Waals surface area contributed by atoms with Crippen LogP contribution in [0.4, 0.5) is 4.39 Å². The molecule has 90 valence electrons. The van der Waals surface area contributed by atoms with Crippen LogP contribution >= 0.6 is 0 Å². The van der Waals surface area contributed by atoms with Gasteiger partial charge in [-0.15, -0.1) is 0 Å². The molecule has 2 aromatic carbocycles.